The van der Waals surface area contributed by atoms with Crippen LogP contribution in [-0.4, -0.2) is 18.6 Å². The molecule has 0 spiro atoms. The van der Waals surface area contributed by atoms with E-state index in [4.69, 9.17) is 11.6 Å². The lowest BCUT2D eigenvalue weighted by molar-refractivity contribution is 0.601. The second kappa shape index (κ2) is 5.44. The first kappa shape index (κ1) is 14.2. The van der Waals surface area contributed by atoms with E-state index in [1.54, 1.807) is 6.07 Å². The van der Waals surface area contributed by atoms with Gasteiger partial charge in [-0.15, -0.1) is 10.2 Å². The smallest absolute Gasteiger partial charge is 0.253 e. The molecule has 0 radical (unpaired) electrons. The zero-order chi connectivity index (χ0) is 14.0. The number of aryl methyl sites for hydroxylation is 2. The Balaban J connectivity index is 2.29. The molecule has 102 valence electrons. The number of sulfonamides is 1. The fourth-order valence-corrected chi connectivity index (χ4v) is 3.53. The highest BCUT2D eigenvalue weighted by molar-refractivity contribution is 7.93. The normalized spacial score (nSPS) is 11.5. The minimum Gasteiger partial charge on any atom is -0.253 e. The molecule has 0 unspecified atom stereocenters. The van der Waals surface area contributed by atoms with Gasteiger partial charge in [0.15, 0.2) is 0 Å². The van der Waals surface area contributed by atoms with Crippen LogP contribution in [-0.2, 0) is 16.4 Å². The summed E-state index contributed by atoms with van der Waals surface area (Å²) in [5, 5.41) is 9.09. The van der Waals surface area contributed by atoms with E-state index < -0.39 is 10.0 Å². The van der Waals surface area contributed by atoms with Crippen molar-refractivity contribution in [2.24, 2.45) is 0 Å². The standard InChI is InChI=1S/C11H12ClN3O2S2/c1-3-10-13-14-11(18-10)15-19(16,17)8-5-4-7(2)9(12)6-8/h4-6H,3H2,1-2H3,(H,14,15). The second-order valence-corrected chi connectivity index (χ2v) is 7.02. The number of anilines is 1. The number of rotatable bonds is 4. The molecular weight excluding hydrogens is 306 g/mol. The summed E-state index contributed by atoms with van der Waals surface area (Å²) in [6.07, 6.45) is 0.718. The lowest BCUT2D eigenvalue weighted by Gasteiger charge is -2.06. The van der Waals surface area contributed by atoms with Crippen LogP contribution in [0, 0.1) is 6.92 Å². The third-order valence-electron chi connectivity index (χ3n) is 2.44. The van der Waals surface area contributed by atoms with E-state index in [-0.39, 0.29) is 10.0 Å². The minimum absolute atomic E-state index is 0.108. The maximum Gasteiger partial charge on any atom is 0.263 e. The van der Waals surface area contributed by atoms with Crippen LogP contribution in [0.3, 0.4) is 0 Å². The molecule has 5 nitrogen and oxygen atoms in total. The summed E-state index contributed by atoms with van der Waals surface area (Å²) in [7, 11) is -3.67. The Morgan fingerprint density at radius 1 is 1.37 bits per heavy atom. The Bertz CT molecular complexity index is 698. The minimum atomic E-state index is -3.67. The molecule has 0 saturated heterocycles. The van der Waals surface area contributed by atoms with Crippen LogP contribution in [0.25, 0.3) is 0 Å². The number of nitrogens with one attached hydrogen (secondary N) is 1. The SMILES string of the molecule is CCc1nnc(NS(=O)(=O)c2ccc(C)c(Cl)c2)s1. The van der Waals surface area contributed by atoms with E-state index in [9.17, 15) is 8.42 Å². The van der Waals surface area contributed by atoms with Crippen molar-refractivity contribution in [1.82, 2.24) is 10.2 Å². The Hall–Kier alpha value is -1.18. The van der Waals surface area contributed by atoms with Crippen LogP contribution in [0.1, 0.15) is 17.5 Å². The van der Waals surface area contributed by atoms with Gasteiger partial charge in [-0.3, -0.25) is 4.72 Å². The number of aromatic nitrogens is 2. The molecule has 1 heterocycles. The van der Waals surface area contributed by atoms with E-state index in [1.165, 1.54) is 23.5 Å². The maximum absolute atomic E-state index is 12.1. The summed E-state index contributed by atoms with van der Waals surface area (Å²) in [4.78, 5) is 0.108. The fraction of sp³-hybridized carbons (Fsp3) is 0.273. The van der Waals surface area contributed by atoms with Gasteiger partial charge < -0.3 is 0 Å². The highest BCUT2D eigenvalue weighted by Crippen LogP contribution is 2.23. The van der Waals surface area contributed by atoms with Gasteiger partial charge in [-0.25, -0.2) is 8.42 Å². The number of nitrogens with zero attached hydrogens (tertiary/aromatic N) is 2. The van der Waals surface area contributed by atoms with Crippen LogP contribution in [0.15, 0.2) is 23.1 Å². The van der Waals surface area contributed by atoms with Gasteiger partial charge in [-0.05, 0) is 31.0 Å². The van der Waals surface area contributed by atoms with E-state index in [2.05, 4.69) is 14.9 Å². The van der Waals surface area contributed by atoms with Gasteiger partial charge >= 0.3 is 0 Å². The monoisotopic (exact) mass is 317 g/mol. The van der Waals surface area contributed by atoms with Crippen molar-refractivity contribution in [3.63, 3.8) is 0 Å². The zero-order valence-electron chi connectivity index (χ0n) is 10.3. The van der Waals surface area contributed by atoms with Gasteiger partial charge in [-0.1, -0.05) is 35.9 Å². The summed E-state index contributed by atoms with van der Waals surface area (Å²) in [6, 6.07) is 4.58. The maximum atomic E-state index is 12.1. The van der Waals surface area contributed by atoms with E-state index in [1.807, 2.05) is 13.8 Å². The summed E-state index contributed by atoms with van der Waals surface area (Å²) >= 11 is 7.15. The van der Waals surface area contributed by atoms with Crippen LogP contribution in [0.4, 0.5) is 5.13 Å². The molecule has 2 aromatic rings. The van der Waals surface area contributed by atoms with Crippen LogP contribution >= 0.6 is 22.9 Å². The van der Waals surface area contributed by atoms with Gasteiger partial charge in [0.25, 0.3) is 10.0 Å². The van der Waals surface area contributed by atoms with Gasteiger partial charge in [0.2, 0.25) is 5.13 Å². The van der Waals surface area contributed by atoms with Crippen LogP contribution in [0.5, 0.6) is 0 Å². The summed E-state index contributed by atoms with van der Waals surface area (Å²) < 4.78 is 26.7. The average Bonchev–Trinajstić information content (AvgIpc) is 2.79. The molecule has 0 fully saturated rings. The Morgan fingerprint density at radius 3 is 2.68 bits per heavy atom. The number of halogens is 1. The predicted molar refractivity (Wildman–Crippen MR) is 76.3 cm³/mol. The first-order chi connectivity index (χ1) is 8.92. The van der Waals surface area contributed by atoms with Crippen molar-refractivity contribution < 1.29 is 8.42 Å². The molecule has 1 N–H and O–H groups in total. The first-order valence-corrected chi connectivity index (χ1v) is 8.21. The first-order valence-electron chi connectivity index (χ1n) is 5.53. The Morgan fingerprint density at radius 2 is 2.11 bits per heavy atom. The van der Waals surface area contributed by atoms with Crippen molar-refractivity contribution in [1.29, 1.82) is 0 Å². The molecule has 19 heavy (non-hydrogen) atoms. The van der Waals surface area contributed by atoms with Crippen molar-refractivity contribution in [3.05, 3.63) is 33.8 Å². The third kappa shape index (κ3) is 3.23. The molecule has 0 bridgehead atoms. The van der Waals surface area contributed by atoms with Gasteiger partial charge in [-0.2, -0.15) is 0 Å². The highest BCUT2D eigenvalue weighted by atomic mass is 35.5. The van der Waals surface area contributed by atoms with Crippen molar-refractivity contribution in [2.45, 2.75) is 25.2 Å². The van der Waals surface area contributed by atoms with Crippen molar-refractivity contribution in [2.75, 3.05) is 4.72 Å². The molecular formula is C11H12ClN3O2S2. The molecule has 0 saturated carbocycles. The molecule has 1 aromatic heterocycles. The molecule has 8 heteroatoms. The van der Waals surface area contributed by atoms with E-state index >= 15 is 0 Å². The zero-order valence-corrected chi connectivity index (χ0v) is 12.7. The van der Waals surface area contributed by atoms with Crippen LogP contribution in [0.2, 0.25) is 5.02 Å². The number of benzene rings is 1. The lowest BCUT2D eigenvalue weighted by atomic mass is 10.2. The quantitative estimate of drug-likeness (QED) is 0.941. The number of hydrogen-bond acceptors (Lipinski definition) is 5. The van der Waals surface area contributed by atoms with Gasteiger partial charge in [0, 0.05) is 5.02 Å². The molecule has 0 amide bonds. The second-order valence-electron chi connectivity index (χ2n) is 3.87. The summed E-state index contributed by atoms with van der Waals surface area (Å²) in [5.41, 5.74) is 0.824. The number of hydrogen-bond donors (Lipinski definition) is 1. The van der Waals surface area contributed by atoms with Crippen LogP contribution < -0.4 is 4.72 Å². The average molecular weight is 318 g/mol. The van der Waals surface area contributed by atoms with E-state index in [0.29, 0.717) is 5.02 Å². The Labute approximate surface area is 120 Å². The van der Waals surface area contributed by atoms with Crippen molar-refractivity contribution >= 4 is 38.1 Å². The summed E-state index contributed by atoms with van der Waals surface area (Å²) in [5.74, 6) is 0. The van der Waals surface area contributed by atoms with E-state index in [0.717, 1.165) is 17.0 Å². The molecule has 1 aromatic carbocycles. The van der Waals surface area contributed by atoms with Gasteiger partial charge in [0.05, 0.1) is 4.90 Å². The highest BCUT2D eigenvalue weighted by Gasteiger charge is 2.17. The molecule has 0 atom stereocenters. The van der Waals surface area contributed by atoms with Crippen molar-refractivity contribution in [3.8, 4) is 0 Å². The van der Waals surface area contributed by atoms with Gasteiger partial charge in [0.1, 0.15) is 5.01 Å². The largest absolute Gasteiger partial charge is 0.263 e. The topological polar surface area (TPSA) is 72.0 Å². The molecule has 0 aliphatic heterocycles. The molecule has 0 aliphatic rings. The fourth-order valence-electron chi connectivity index (χ4n) is 1.35. The molecule has 2 rings (SSSR count). The summed E-state index contributed by atoms with van der Waals surface area (Å²) in [6.45, 7) is 3.74. The predicted octanol–water partition coefficient (Wildman–Crippen LogP) is 2.86. The Kier molecular flexibility index (Phi) is 4.07. The third-order valence-corrected chi connectivity index (χ3v) is 5.30. The molecule has 0 aliphatic carbocycles. The lowest BCUT2D eigenvalue weighted by Crippen LogP contribution is -2.12.